The van der Waals surface area contributed by atoms with Crippen LogP contribution >= 0.6 is 23.2 Å². The first-order valence-electron chi connectivity index (χ1n) is 23.0. The number of benzene rings is 3. The van der Waals surface area contributed by atoms with E-state index in [0.29, 0.717) is 11.3 Å². The number of carboxylic acids is 4. The predicted octanol–water partition coefficient (Wildman–Crippen LogP) is 0.715. The van der Waals surface area contributed by atoms with E-state index in [1.807, 2.05) is 0 Å². The Labute approximate surface area is 429 Å². The Morgan fingerprint density at radius 1 is 0.575 bits per heavy atom. The van der Waals surface area contributed by atoms with Crippen LogP contribution in [0.1, 0.15) is 49.5 Å². The lowest BCUT2D eigenvalue weighted by Crippen LogP contribution is -2.52. The van der Waals surface area contributed by atoms with Gasteiger partial charge in [-0.15, -0.1) is 0 Å². The molecule has 26 heteroatoms. The summed E-state index contributed by atoms with van der Waals surface area (Å²) < 4.78 is 11.4. The largest absolute Gasteiger partial charge is 0.508 e. The normalized spacial score (nSPS) is 14.7. The molecule has 3 aromatic rings. The van der Waals surface area contributed by atoms with Crippen molar-refractivity contribution in [1.29, 1.82) is 0 Å². The van der Waals surface area contributed by atoms with Crippen LogP contribution in [-0.4, -0.2) is 215 Å². The average Bonchev–Trinajstić information content (AvgIpc) is 3.31. The molecule has 1 aliphatic heterocycles. The summed E-state index contributed by atoms with van der Waals surface area (Å²) in [6.07, 6.45) is -0.253. The van der Waals surface area contributed by atoms with Crippen LogP contribution in [0, 0.1) is 0 Å². The fourth-order valence-electron chi connectivity index (χ4n) is 7.53. The fraction of sp³-hybridized carbons (Fsp3) is 0.447. The van der Waals surface area contributed by atoms with Crippen LogP contribution in [0.5, 0.6) is 17.2 Å². The molecule has 1 unspecified atom stereocenters. The van der Waals surface area contributed by atoms with Crippen LogP contribution in [0.4, 0.5) is 0 Å². The summed E-state index contributed by atoms with van der Waals surface area (Å²) in [5.41, 5.74) is 0.720. The summed E-state index contributed by atoms with van der Waals surface area (Å²) >= 11 is 12.7. The Balaban J connectivity index is 1.17. The number of hydrogen-bond acceptors (Lipinski definition) is 16. The van der Waals surface area contributed by atoms with E-state index in [0.717, 1.165) is 6.07 Å². The second-order valence-corrected chi connectivity index (χ2v) is 17.5. The van der Waals surface area contributed by atoms with Gasteiger partial charge in [-0.3, -0.25) is 58.0 Å². The zero-order valence-corrected chi connectivity index (χ0v) is 41.2. The molecule has 0 bridgehead atoms. The topological polar surface area (TPSA) is 337 Å². The van der Waals surface area contributed by atoms with Crippen molar-refractivity contribution >= 4 is 70.7 Å². The first kappa shape index (κ1) is 58.8. The quantitative estimate of drug-likeness (QED) is 0.0495. The van der Waals surface area contributed by atoms with Crippen molar-refractivity contribution in [2.45, 2.75) is 25.4 Å². The molecule has 24 nitrogen and oxygen atoms in total. The highest BCUT2D eigenvalue weighted by Gasteiger charge is 2.29. The molecule has 10 N–H and O–H groups in total. The van der Waals surface area contributed by atoms with E-state index in [2.05, 4.69) is 21.3 Å². The number of phenolic OH excluding ortho intramolecular Hbond substituents is 2. The summed E-state index contributed by atoms with van der Waals surface area (Å²) in [6.45, 7) is 0.671. The molecule has 0 aromatic heterocycles. The number of amides is 4. The number of nitrogens with zero attached hydrogens (tertiary/aromatic N) is 4. The molecule has 73 heavy (non-hydrogen) atoms. The van der Waals surface area contributed by atoms with Gasteiger partial charge < -0.3 is 61.4 Å². The van der Waals surface area contributed by atoms with Gasteiger partial charge in [0.1, 0.15) is 29.9 Å². The van der Waals surface area contributed by atoms with Crippen molar-refractivity contribution in [3.63, 3.8) is 0 Å². The molecule has 0 radical (unpaired) electrons. The van der Waals surface area contributed by atoms with Gasteiger partial charge in [0.15, 0.2) is 0 Å². The van der Waals surface area contributed by atoms with Crippen LogP contribution in [-0.2, 0) is 35.3 Å². The predicted molar refractivity (Wildman–Crippen MR) is 262 cm³/mol. The van der Waals surface area contributed by atoms with Crippen molar-refractivity contribution in [2.24, 2.45) is 0 Å². The molecular weight excluding hydrogens is 1000 g/mol. The minimum Gasteiger partial charge on any atom is -0.508 e. The summed E-state index contributed by atoms with van der Waals surface area (Å²) in [7, 11) is 0. The highest BCUT2D eigenvalue weighted by atomic mass is 35.5. The van der Waals surface area contributed by atoms with Gasteiger partial charge in [0.25, 0.3) is 17.7 Å². The molecule has 1 saturated heterocycles. The highest BCUT2D eigenvalue weighted by molar-refractivity contribution is 6.40. The molecule has 1 aliphatic rings. The lowest BCUT2D eigenvalue weighted by atomic mass is 10.1. The molecular formula is C47H60Cl2N8O16. The number of nitrogens with one attached hydrogen (secondary N) is 4. The molecule has 0 aliphatic carbocycles. The monoisotopic (exact) mass is 1060 g/mol. The Kier molecular flexibility index (Phi) is 24.4. The van der Waals surface area contributed by atoms with Crippen molar-refractivity contribution in [3.05, 3.63) is 86.9 Å². The molecule has 1 fully saturated rings. The van der Waals surface area contributed by atoms with Gasteiger partial charge in [-0.1, -0.05) is 35.3 Å². The van der Waals surface area contributed by atoms with Gasteiger partial charge in [0.05, 0.1) is 48.5 Å². The van der Waals surface area contributed by atoms with Crippen molar-refractivity contribution in [3.8, 4) is 17.2 Å². The van der Waals surface area contributed by atoms with Gasteiger partial charge in [0, 0.05) is 102 Å². The number of hydrogen-bond donors (Lipinski definition) is 10. The SMILES string of the molecule is O=C(O)CN1CCN(CC(=O)O)CCN(C(CCC(=O)NCCOCCOc2cccc(CNC(=O)c3cc(Cl)c(C(=O)NCCNC(=O)c4cc(O)cc(O)c4)c(Cl)c3)c2)C(=O)O)CCN(CC(=O)O)CC1. The molecule has 3 aromatic carbocycles. The number of carboxylic acid groups (broad SMARTS) is 4. The van der Waals surface area contributed by atoms with Crippen molar-refractivity contribution in [1.82, 2.24) is 40.9 Å². The lowest BCUT2D eigenvalue weighted by Gasteiger charge is -2.35. The van der Waals surface area contributed by atoms with E-state index in [1.165, 1.54) is 24.3 Å². The van der Waals surface area contributed by atoms with Crippen LogP contribution in [0.25, 0.3) is 0 Å². The Hall–Kier alpha value is -6.80. The number of aromatic hydroxyl groups is 2. The smallest absolute Gasteiger partial charge is 0.320 e. The van der Waals surface area contributed by atoms with E-state index >= 15 is 0 Å². The highest BCUT2D eigenvalue weighted by Crippen LogP contribution is 2.27. The summed E-state index contributed by atoms with van der Waals surface area (Å²) in [4.78, 5) is 105. The van der Waals surface area contributed by atoms with E-state index in [1.54, 1.807) is 43.9 Å². The Morgan fingerprint density at radius 2 is 1.08 bits per heavy atom. The molecule has 1 heterocycles. The Bertz CT molecular complexity index is 2340. The zero-order valence-electron chi connectivity index (χ0n) is 39.7. The average molecular weight is 1060 g/mol. The van der Waals surface area contributed by atoms with Gasteiger partial charge in [-0.25, -0.2) is 0 Å². The standard InChI is InChI=1S/C47H60Cl2N8O16/c48-36-23-32(24-37(49)43(36)46(69)52-7-6-51-44(67)31-21-33(58)25-34(59)22-31)45(68)53-26-30-2-1-3-35(20-30)73-19-18-72-17-8-50-39(60)5-4-38(47(70)71)57-15-13-55(28-41(63)64)11-9-54(27-40(61)62)10-12-56(14-16-57)29-42(65)66/h1-3,20-25,38,58-59H,4-19,26-29H2,(H,50,60)(H,51,67)(H,52,69)(H,53,68)(H,61,62)(H,63,64)(H,65,66)(H,70,71). The number of carbonyl (C=O) groups excluding carboxylic acids is 4. The number of rotatable bonds is 26. The van der Waals surface area contributed by atoms with E-state index < -0.39 is 53.5 Å². The van der Waals surface area contributed by atoms with Crippen LogP contribution < -0.4 is 26.0 Å². The van der Waals surface area contributed by atoms with Crippen molar-refractivity contribution in [2.75, 3.05) is 111 Å². The number of ether oxygens (including phenoxy) is 2. The first-order valence-corrected chi connectivity index (χ1v) is 23.8. The number of phenols is 2. The van der Waals surface area contributed by atoms with Gasteiger partial charge >= 0.3 is 23.9 Å². The number of halogens is 2. The minimum absolute atomic E-state index is 0.00499. The molecule has 4 amide bonds. The van der Waals surface area contributed by atoms with Gasteiger partial charge in [0.2, 0.25) is 5.91 Å². The zero-order chi connectivity index (χ0) is 53.5. The van der Waals surface area contributed by atoms with Gasteiger partial charge in [-0.2, -0.15) is 0 Å². The lowest BCUT2D eigenvalue weighted by molar-refractivity contribution is -0.145. The molecule has 0 spiro atoms. The molecule has 398 valence electrons. The second-order valence-electron chi connectivity index (χ2n) is 16.6. The van der Waals surface area contributed by atoms with Crippen molar-refractivity contribution < 1.29 is 78.5 Å². The summed E-state index contributed by atoms with van der Waals surface area (Å²) in [6, 6.07) is 11.8. The number of aliphatic carboxylic acids is 4. The maximum absolute atomic E-state index is 13.0. The maximum atomic E-state index is 13.0. The van der Waals surface area contributed by atoms with Crippen LogP contribution in [0.15, 0.2) is 54.6 Å². The second kappa shape index (κ2) is 30.3. The minimum atomic E-state index is -1.21. The molecule has 0 saturated carbocycles. The molecule has 1 atom stereocenters. The van der Waals surface area contributed by atoms with Crippen LogP contribution in [0.2, 0.25) is 10.0 Å². The third kappa shape index (κ3) is 21.4. The summed E-state index contributed by atoms with van der Waals surface area (Å²) in [5.74, 6) is -6.82. The molecule has 4 rings (SSSR count). The van der Waals surface area contributed by atoms with E-state index in [4.69, 9.17) is 32.7 Å². The first-order chi connectivity index (χ1) is 34.8. The fourth-order valence-corrected chi connectivity index (χ4v) is 8.19. The Morgan fingerprint density at radius 3 is 1.62 bits per heavy atom. The van der Waals surface area contributed by atoms with E-state index in [9.17, 15) is 69.0 Å². The summed E-state index contributed by atoms with van der Waals surface area (Å²) in [5, 5.41) is 68.1. The number of carbonyl (C=O) groups is 8. The third-order valence-electron chi connectivity index (χ3n) is 11.1. The maximum Gasteiger partial charge on any atom is 0.320 e. The third-order valence-corrected chi connectivity index (χ3v) is 11.7. The van der Waals surface area contributed by atoms with E-state index in [-0.39, 0.29) is 169 Å². The van der Waals surface area contributed by atoms with Gasteiger partial charge in [-0.05, 0) is 48.4 Å². The van der Waals surface area contributed by atoms with Crippen LogP contribution in [0.3, 0.4) is 0 Å².